The lowest BCUT2D eigenvalue weighted by molar-refractivity contribution is -0.137. The highest BCUT2D eigenvalue weighted by Gasteiger charge is 2.36. The van der Waals surface area contributed by atoms with Gasteiger partial charge in [0.1, 0.15) is 11.2 Å². The molecule has 3 aromatic rings. The molecule has 1 aliphatic heterocycles. The van der Waals surface area contributed by atoms with Crippen LogP contribution in [-0.4, -0.2) is 74.8 Å². The number of fused-ring (bicyclic) bond motifs is 1. The molecule has 228 valence electrons. The molecule has 10 nitrogen and oxygen atoms in total. The number of carboxylic acid groups (broad SMARTS) is 1. The van der Waals surface area contributed by atoms with Crippen LogP contribution >= 0.6 is 15.9 Å². The Kier molecular flexibility index (Phi) is 9.66. The molecular formula is C28H34BrF3N6O4. The van der Waals surface area contributed by atoms with Crippen molar-refractivity contribution in [3.63, 3.8) is 0 Å². The van der Waals surface area contributed by atoms with Crippen molar-refractivity contribution in [2.24, 2.45) is 0 Å². The number of alkyl carbamates (subject to hydrolysis) is 1. The molecule has 14 heteroatoms. The maximum atomic E-state index is 14.0. The molecule has 0 radical (unpaired) electrons. The Labute approximate surface area is 249 Å². The molecule has 0 saturated carbocycles. The number of amides is 1. The fraction of sp³-hybridized carbons (Fsp3) is 0.500. The van der Waals surface area contributed by atoms with Crippen LogP contribution < -0.4 is 10.6 Å². The summed E-state index contributed by atoms with van der Waals surface area (Å²) in [6.07, 6.45) is 0.404. The number of rotatable bonds is 9. The molecular weight excluding hydrogens is 621 g/mol. The Bertz CT molecular complexity index is 1440. The van der Waals surface area contributed by atoms with Crippen LogP contribution in [0.5, 0.6) is 0 Å². The van der Waals surface area contributed by atoms with E-state index in [0.717, 1.165) is 45.0 Å². The number of nitrogens with one attached hydrogen (secondary N) is 3. The molecule has 0 spiro atoms. The summed E-state index contributed by atoms with van der Waals surface area (Å²) in [6, 6.07) is 2.75. The number of aromatic carboxylic acids is 1. The molecule has 1 atom stereocenters. The van der Waals surface area contributed by atoms with Crippen LogP contribution in [0, 0.1) is 0 Å². The number of alkyl halides is 3. The second-order valence-electron chi connectivity index (χ2n) is 11.2. The third-order valence-corrected chi connectivity index (χ3v) is 7.60. The monoisotopic (exact) mass is 654 g/mol. The summed E-state index contributed by atoms with van der Waals surface area (Å²) in [5.74, 6) is -1.08. The van der Waals surface area contributed by atoms with Crippen LogP contribution in [0.3, 0.4) is 0 Å². The Hall–Kier alpha value is -3.39. The molecule has 1 amide bonds. The first-order valence-electron chi connectivity index (χ1n) is 13.7. The average Bonchev–Trinajstić information content (AvgIpc) is 3.32. The molecule has 3 heterocycles. The number of aromatic amines is 1. The number of carbonyl (C=O) groups is 2. The van der Waals surface area contributed by atoms with Crippen molar-refractivity contribution in [3.8, 4) is 11.3 Å². The first-order valence-corrected chi connectivity index (χ1v) is 14.5. The van der Waals surface area contributed by atoms with Crippen LogP contribution in [0.2, 0.25) is 0 Å². The minimum absolute atomic E-state index is 0.0156. The normalized spacial score (nSPS) is 16.4. The highest BCUT2D eigenvalue weighted by molar-refractivity contribution is 9.10. The summed E-state index contributed by atoms with van der Waals surface area (Å²) in [4.78, 5) is 36.7. The van der Waals surface area contributed by atoms with E-state index in [4.69, 9.17) is 4.74 Å². The van der Waals surface area contributed by atoms with Gasteiger partial charge in [-0.25, -0.2) is 19.6 Å². The van der Waals surface area contributed by atoms with Crippen molar-refractivity contribution in [1.29, 1.82) is 0 Å². The number of piperidine rings is 1. The zero-order valence-corrected chi connectivity index (χ0v) is 25.2. The van der Waals surface area contributed by atoms with Crippen molar-refractivity contribution < 1.29 is 32.6 Å². The molecule has 1 aliphatic rings. The smallest absolute Gasteiger partial charge is 0.419 e. The van der Waals surface area contributed by atoms with E-state index in [1.807, 2.05) is 20.8 Å². The lowest BCUT2D eigenvalue weighted by Crippen LogP contribution is -2.42. The number of aromatic nitrogens is 3. The van der Waals surface area contributed by atoms with Crippen molar-refractivity contribution in [3.05, 3.63) is 40.1 Å². The Morgan fingerprint density at radius 1 is 1.24 bits per heavy atom. The number of unbranched alkanes of at least 4 members (excludes halogenated alkanes) is 1. The first kappa shape index (κ1) is 31.5. The molecule has 42 heavy (non-hydrogen) atoms. The van der Waals surface area contributed by atoms with Gasteiger partial charge in [-0.05, 0) is 81.5 Å². The topological polar surface area (TPSA) is 132 Å². The zero-order valence-electron chi connectivity index (χ0n) is 23.6. The quantitative estimate of drug-likeness (QED) is 0.198. The highest BCUT2D eigenvalue weighted by atomic mass is 79.9. The fourth-order valence-corrected chi connectivity index (χ4v) is 5.54. The lowest BCUT2D eigenvalue weighted by atomic mass is 10.0. The van der Waals surface area contributed by atoms with E-state index in [-0.39, 0.29) is 33.3 Å². The molecule has 0 bridgehead atoms. The summed E-state index contributed by atoms with van der Waals surface area (Å²) in [6.45, 7) is 8.33. The number of hydrogen-bond donors (Lipinski definition) is 4. The number of H-pyrrole nitrogens is 1. The molecule has 0 unspecified atom stereocenters. The average molecular weight is 656 g/mol. The van der Waals surface area contributed by atoms with E-state index in [2.05, 4.69) is 46.4 Å². The second kappa shape index (κ2) is 12.9. The standard InChI is InChI=1S/C28H34BrF3N6O4/c1-27(2,3)42-26(41)33-10-4-5-11-38-12-6-7-16(15-38)36-25-35-14-20(28(30,31)32)22(37-25)19-13-34-23-17(19)8-9-18(21(23)29)24(39)40/h8-9,13-14,16,34H,4-7,10-12,15H2,1-3H3,(H,33,41)(H,39,40)(H,35,36,37)/t16-/m0/s1. The van der Waals surface area contributed by atoms with Gasteiger partial charge in [0.15, 0.2) is 0 Å². The van der Waals surface area contributed by atoms with Gasteiger partial charge in [-0.3, -0.25) is 0 Å². The molecule has 2 aromatic heterocycles. The SMILES string of the molecule is CC(C)(C)OC(=O)NCCCCN1CCC[C@H](Nc2ncc(C(F)(F)F)c(-c3c[nH]c4c(Br)c(C(=O)O)ccc34)n2)C1. The molecule has 1 aromatic carbocycles. The summed E-state index contributed by atoms with van der Waals surface area (Å²) in [7, 11) is 0. The van der Waals surface area contributed by atoms with Gasteiger partial charge in [0.2, 0.25) is 5.95 Å². The van der Waals surface area contributed by atoms with Gasteiger partial charge in [-0.15, -0.1) is 0 Å². The van der Waals surface area contributed by atoms with Crippen LogP contribution in [-0.2, 0) is 10.9 Å². The molecule has 4 N–H and O–H groups in total. The van der Waals surface area contributed by atoms with Crippen LogP contribution in [0.1, 0.15) is 62.4 Å². The largest absolute Gasteiger partial charge is 0.478 e. The molecule has 1 fully saturated rings. The van der Waals surface area contributed by atoms with Gasteiger partial charge in [0.05, 0.1) is 21.2 Å². The van der Waals surface area contributed by atoms with E-state index in [1.54, 1.807) is 0 Å². The molecule has 4 rings (SSSR count). The first-order chi connectivity index (χ1) is 19.7. The van der Waals surface area contributed by atoms with E-state index in [9.17, 15) is 27.9 Å². The summed E-state index contributed by atoms with van der Waals surface area (Å²) in [5, 5.41) is 15.8. The molecule has 0 aliphatic carbocycles. The summed E-state index contributed by atoms with van der Waals surface area (Å²) >= 11 is 3.25. The number of benzene rings is 1. The number of carbonyl (C=O) groups excluding carboxylic acids is 1. The third-order valence-electron chi connectivity index (χ3n) is 6.78. The van der Waals surface area contributed by atoms with Gasteiger partial charge in [-0.1, -0.05) is 6.07 Å². The van der Waals surface area contributed by atoms with Crippen molar-refractivity contribution in [2.45, 2.75) is 64.3 Å². The number of anilines is 1. The Morgan fingerprint density at radius 3 is 2.69 bits per heavy atom. The minimum Gasteiger partial charge on any atom is -0.478 e. The van der Waals surface area contributed by atoms with E-state index in [1.165, 1.54) is 18.3 Å². The summed E-state index contributed by atoms with van der Waals surface area (Å²) < 4.78 is 47.4. The van der Waals surface area contributed by atoms with Gasteiger partial charge in [-0.2, -0.15) is 13.2 Å². The number of ether oxygens (including phenoxy) is 1. The Balaban J connectivity index is 1.43. The van der Waals surface area contributed by atoms with Gasteiger partial charge in [0, 0.05) is 42.5 Å². The van der Waals surface area contributed by atoms with Crippen molar-refractivity contribution in [1.82, 2.24) is 25.2 Å². The van der Waals surface area contributed by atoms with Crippen LogP contribution in [0.4, 0.5) is 23.9 Å². The van der Waals surface area contributed by atoms with Crippen LogP contribution in [0.25, 0.3) is 22.2 Å². The lowest BCUT2D eigenvalue weighted by Gasteiger charge is -2.33. The molecule has 1 saturated heterocycles. The van der Waals surface area contributed by atoms with Crippen molar-refractivity contribution in [2.75, 3.05) is 31.5 Å². The summed E-state index contributed by atoms with van der Waals surface area (Å²) in [5.41, 5.74) is -1.31. The maximum absolute atomic E-state index is 14.0. The van der Waals surface area contributed by atoms with Gasteiger partial charge in [0.25, 0.3) is 0 Å². The number of nitrogens with zero attached hydrogens (tertiary/aromatic N) is 3. The van der Waals surface area contributed by atoms with E-state index < -0.39 is 29.4 Å². The van der Waals surface area contributed by atoms with Crippen molar-refractivity contribution >= 4 is 44.8 Å². The Morgan fingerprint density at radius 2 is 2.00 bits per heavy atom. The number of carboxylic acids is 1. The highest BCUT2D eigenvalue weighted by Crippen LogP contribution is 2.40. The van der Waals surface area contributed by atoms with E-state index in [0.29, 0.717) is 24.0 Å². The van der Waals surface area contributed by atoms with Gasteiger partial charge < -0.3 is 30.4 Å². The number of likely N-dealkylation sites (tertiary alicyclic amines) is 1. The maximum Gasteiger partial charge on any atom is 0.419 e. The predicted octanol–water partition coefficient (Wildman–Crippen LogP) is 6.29. The second-order valence-corrected chi connectivity index (χ2v) is 12.0. The predicted molar refractivity (Wildman–Crippen MR) is 156 cm³/mol. The zero-order chi connectivity index (χ0) is 30.7. The fourth-order valence-electron chi connectivity index (χ4n) is 4.91. The van der Waals surface area contributed by atoms with Gasteiger partial charge >= 0.3 is 18.2 Å². The van der Waals surface area contributed by atoms with Crippen LogP contribution in [0.15, 0.2) is 29.0 Å². The number of halogens is 4. The minimum atomic E-state index is -4.70. The van der Waals surface area contributed by atoms with E-state index >= 15 is 0 Å². The third kappa shape index (κ3) is 7.91. The number of hydrogen-bond acceptors (Lipinski definition) is 7.